The van der Waals surface area contributed by atoms with Crippen LogP contribution in [-0.4, -0.2) is 41.7 Å². The van der Waals surface area contributed by atoms with E-state index < -0.39 is 12.0 Å². The van der Waals surface area contributed by atoms with Crippen LogP contribution in [0.3, 0.4) is 0 Å². The van der Waals surface area contributed by atoms with Crippen LogP contribution in [0.5, 0.6) is 5.75 Å². The molecule has 0 spiro atoms. The quantitative estimate of drug-likeness (QED) is 0.437. The summed E-state index contributed by atoms with van der Waals surface area (Å²) in [5, 5.41) is 15.3. The van der Waals surface area contributed by atoms with Gasteiger partial charge in [0.15, 0.2) is 0 Å². The summed E-state index contributed by atoms with van der Waals surface area (Å²) in [6.07, 6.45) is 0.843. The highest BCUT2D eigenvalue weighted by Crippen LogP contribution is 2.16. The molecule has 2 aromatic carbocycles. The largest absolute Gasteiger partial charge is 0.493 e. The number of nitrogens with one attached hydrogen (secondary N) is 2. The van der Waals surface area contributed by atoms with Crippen LogP contribution < -0.4 is 15.4 Å². The number of hydrogen-bond acceptors (Lipinski definition) is 5. The van der Waals surface area contributed by atoms with Crippen molar-refractivity contribution in [1.82, 2.24) is 10.3 Å². The third-order valence-electron chi connectivity index (χ3n) is 5.36. The van der Waals surface area contributed by atoms with Gasteiger partial charge >= 0.3 is 5.97 Å². The summed E-state index contributed by atoms with van der Waals surface area (Å²) in [5.41, 5.74) is 3.86. The minimum atomic E-state index is -1.08. The predicted octanol–water partition coefficient (Wildman–Crippen LogP) is 3.79. The van der Waals surface area contributed by atoms with Crippen LogP contribution in [0.4, 0.5) is 5.82 Å². The van der Waals surface area contributed by atoms with Crippen LogP contribution in [0.25, 0.3) is 0 Å². The van der Waals surface area contributed by atoms with Gasteiger partial charge in [-0.1, -0.05) is 36.4 Å². The first kappa shape index (κ1) is 23.8. The fourth-order valence-corrected chi connectivity index (χ4v) is 3.59. The van der Waals surface area contributed by atoms with E-state index in [-0.39, 0.29) is 12.3 Å². The molecule has 172 valence electrons. The number of aromatic nitrogens is 1. The molecule has 1 aromatic heterocycles. The van der Waals surface area contributed by atoms with Gasteiger partial charge in [-0.15, -0.1) is 0 Å². The summed E-state index contributed by atoms with van der Waals surface area (Å²) < 4.78 is 5.79. The van der Waals surface area contributed by atoms with Gasteiger partial charge in [0.1, 0.15) is 17.6 Å². The van der Waals surface area contributed by atoms with Gasteiger partial charge in [-0.05, 0) is 54.8 Å². The van der Waals surface area contributed by atoms with Crippen molar-refractivity contribution in [2.75, 3.05) is 19.0 Å². The first-order valence-electron chi connectivity index (χ1n) is 10.8. The van der Waals surface area contributed by atoms with Crippen molar-refractivity contribution in [3.8, 4) is 5.75 Å². The monoisotopic (exact) mass is 447 g/mol. The molecule has 7 nitrogen and oxygen atoms in total. The zero-order chi connectivity index (χ0) is 23.8. The number of carbonyl (C=O) groups is 2. The molecule has 3 aromatic rings. The molecule has 0 radical (unpaired) electrons. The highest BCUT2D eigenvalue weighted by molar-refractivity contribution is 5.99. The van der Waals surface area contributed by atoms with Gasteiger partial charge in [-0.2, -0.15) is 0 Å². The highest BCUT2D eigenvalue weighted by Gasteiger charge is 2.22. The fourth-order valence-electron chi connectivity index (χ4n) is 3.59. The van der Waals surface area contributed by atoms with Gasteiger partial charge in [0, 0.05) is 31.1 Å². The summed E-state index contributed by atoms with van der Waals surface area (Å²) in [7, 11) is 1.83. The molecule has 33 heavy (non-hydrogen) atoms. The van der Waals surface area contributed by atoms with Crippen molar-refractivity contribution in [2.24, 2.45) is 0 Å². The molecule has 0 fully saturated rings. The third-order valence-corrected chi connectivity index (χ3v) is 5.36. The number of carbonyl (C=O) groups excluding carboxylic acids is 1. The van der Waals surface area contributed by atoms with E-state index >= 15 is 0 Å². The van der Waals surface area contributed by atoms with Crippen molar-refractivity contribution < 1.29 is 19.4 Å². The number of nitrogens with zero attached hydrogens (tertiary/aromatic N) is 1. The van der Waals surface area contributed by atoms with Crippen LogP contribution in [0.1, 0.15) is 32.7 Å². The minimum Gasteiger partial charge on any atom is -0.493 e. The Morgan fingerprint density at radius 2 is 1.67 bits per heavy atom. The average molecular weight is 448 g/mol. The van der Waals surface area contributed by atoms with Gasteiger partial charge in [-0.3, -0.25) is 4.79 Å². The van der Waals surface area contributed by atoms with Crippen molar-refractivity contribution in [3.63, 3.8) is 0 Å². The van der Waals surface area contributed by atoms with E-state index in [2.05, 4.69) is 15.6 Å². The van der Waals surface area contributed by atoms with E-state index in [4.69, 9.17) is 4.74 Å². The number of anilines is 1. The Kier molecular flexibility index (Phi) is 8.02. The first-order valence-corrected chi connectivity index (χ1v) is 10.8. The van der Waals surface area contributed by atoms with Gasteiger partial charge < -0.3 is 20.5 Å². The molecule has 0 aliphatic rings. The minimum absolute atomic E-state index is 0.174. The van der Waals surface area contributed by atoms with E-state index in [1.165, 1.54) is 0 Å². The van der Waals surface area contributed by atoms with Crippen LogP contribution >= 0.6 is 0 Å². The lowest BCUT2D eigenvalue weighted by molar-refractivity contribution is -0.139. The molecule has 1 amide bonds. The smallest absolute Gasteiger partial charge is 0.326 e. The molecule has 3 N–H and O–H groups in total. The second-order valence-corrected chi connectivity index (χ2v) is 7.84. The van der Waals surface area contributed by atoms with Gasteiger partial charge in [0.2, 0.25) is 0 Å². The highest BCUT2D eigenvalue weighted by atomic mass is 16.5. The predicted molar refractivity (Wildman–Crippen MR) is 128 cm³/mol. The maximum atomic E-state index is 12.7. The number of carboxylic acids is 1. The number of pyridine rings is 1. The molecular weight excluding hydrogens is 418 g/mol. The molecule has 3 rings (SSSR count). The Morgan fingerprint density at radius 1 is 1.00 bits per heavy atom. The summed E-state index contributed by atoms with van der Waals surface area (Å²) in [6, 6.07) is 17.5. The number of aliphatic carboxylic acids is 1. The van der Waals surface area contributed by atoms with Gasteiger partial charge in [-0.25, -0.2) is 9.78 Å². The molecule has 0 saturated heterocycles. The Morgan fingerprint density at radius 3 is 2.30 bits per heavy atom. The topological polar surface area (TPSA) is 101 Å². The second-order valence-electron chi connectivity index (χ2n) is 7.84. The van der Waals surface area contributed by atoms with E-state index in [9.17, 15) is 14.7 Å². The Hall–Kier alpha value is -3.87. The molecular formula is C26H29N3O4. The Labute approximate surface area is 193 Å². The standard InChI is InChI=1S/C26H29N3O4/c1-17-6-4-7-18(2)24(17)25(30)29-22(26(31)32)16-19-10-12-21(13-11-19)33-15-14-20-8-5-9-23(27-3)28-20/h4-13,22H,14-16H2,1-3H3,(H,27,28)(H,29,30)(H,31,32)/t22-/m0/s1. The summed E-state index contributed by atoms with van der Waals surface area (Å²) in [5.74, 6) is 0.0459. The Balaban J connectivity index is 1.57. The first-order chi connectivity index (χ1) is 15.9. The maximum Gasteiger partial charge on any atom is 0.326 e. The number of aryl methyl sites for hydroxylation is 2. The number of benzene rings is 2. The molecule has 0 bridgehead atoms. The third kappa shape index (κ3) is 6.55. The number of amides is 1. The molecule has 0 unspecified atom stereocenters. The molecule has 7 heteroatoms. The van der Waals surface area contributed by atoms with E-state index in [0.29, 0.717) is 24.3 Å². The lowest BCUT2D eigenvalue weighted by Gasteiger charge is -2.17. The lowest BCUT2D eigenvalue weighted by atomic mass is 10.0. The van der Waals surface area contributed by atoms with Crippen LogP contribution in [-0.2, 0) is 17.6 Å². The van der Waals surface area contributed by atoms with Gasteiger partial charge in [0.05, 0.1) is 6.61 Å². The van der Waals surface area contributed by atoms with Crippen molar-refractivity contribution in [1.29, 1.82) is 0 Å². The molecule has 1 heterocycles. The number of rotatable bonds is 10. The Bertz CT molecular complexity index is 1090. The van der Waals surface area contributed by atoms with E-state index in [0.717, 1.165) is 28.2 Å². The molecule has 0 aliphatic heterocycles. The van der Waals surface area contributed by atoms with Crippen LogP contribution in [0.15, 0.2) is 60.7 Å². The summed E-state index contributed by atoms with van der Waals surface area (Å²) in [6.45, 7) is 4.15. The summed E-state index contributed by atoms with van der Waals surface area (Å²) in [4.78, 5) is 29.0. The van der Waals surface area contributed by atoms with Gasteiger partial charge in [0.25, 0.3) is 5.91 Å². The zero-order valence-corrected chi connectivity index (χ0v) is 19.1. The van der Waals surface area contributed by atoms with Crippen molar-refractivity contribution >= 4 is 17.7 Å². The maximum absolute atomic E-state index is 12.7. The zero-order valence-electron chi connectivity index (χ0n) is 19.1. The number of ether oxygens (including phenoxy) is 1. The van der Waals surface area contributed by atoms with Crippen molar-refractivity contribution in [3.05, 3.63) is 88.6 Å². The normalized spacial score (nSPS) is 11.5. The molecule has 1 atom stereocenters. The van der Waals surface area contributed by atoms with Crippen molar-refractivity contribution in [2.45, 2.75) is 32.7 Å². The lowest BCUT2D eigenvalue weighted by Crippen LogP contribution is -2.42. The second kappa shape index (κ2) is 11.1. The fraction of sp³-hybridized carbons (Fsp3) is 0.269. The van der Waals surface area contributed by atoms with Crippen LogP contribution in [0, 0.1) is 13.8 Å². The number of hydrogen-bond donors (Lipinski definition) is 3. The SMILES string of the molecule is CNc1cccc(CCOc2ccc(C[C@H](NC(=O)c3c(C)cccc3C)C(=O)O)cc2)n1. The summed E-state index contributed by atoms with van der Waals surface area (Å²) >= 11 is 0. The van der Waals surface area contributed by atoms with E-state index in [1.807, 2.05) is 69.4 Å². The average Bonchev–Trinajstić information content (AvgIpc) is 2.79. The van der Waals surface area contributed by atoms with Crippen LogP contribution in [0.2, 0.25) is 0 Å². The molecule has 0 saturated carbocycles. The number of carboxylic acid groups (broad SMARTS) is 1. The van der Waals surface area contributed by atoms with E-state index in [1.54, 1.807) is 12.1 Å². The molecule has 0 aliphatic carbocycles.